The number of rotatable bonds is 5. The van der Waals surface area contributed by atoms with E-state index in [0.29, 0.717) is 5.76 Å². The van der Waals surface area contributed by atoms with Gasteiger partial charge in [-0.1, -0.05) is 58.8 Å². The van der Waals surface area contributed by atoms with Crippen LogP contribution in [0.15, 0.2) is 53.1 Å². The minimum absolute atomic E-state index is 0.0768. The molecule has 5 heteroatoms. The second kappa shape index (κ2) is 8.12. The Bertz CT molecular complexity index is 1240. The molecule has 0 atom stereocenters. The van der Waals surface area contributed by atoms with Crippen LogP contribution in [-0.2, 0) is 11.8 Å². The molecule has 0 N–H and O–H groups in total. The Labute approximate surface area is 190 Å². The molecule has 4 aromatic rings. The van der Waals surface area contributed by atoms with E-state index in [0.717, 1.165) is 52.4 Å². The number of hydrogen-bond acceptors (Lipinski definition) is 4. The number of ether oxygens (including phenoxy) is 1. The van der Waals surface area contributed by atoms with Crippen LogP contribution < -0.4 is 4.74 Å². The average Bonchev–Trinajstić information content (AvgIpc) is 3.36. The van der Waals surface area contributed by atoms with Crippen LogP contribution in [0, 0.1) is 5.41 Å². The zero-order valence-electron chi connectivity index (χ0n) is 20.2. The monoisotopic (exact) mass is 431 g/mol. The van der Waals surface area contributed by atoms with Crippen LogP contribution in [0.4, 0.5) is 0 Å². The Balaban J connectivity index is 1.80. The van der Waals surface area contributed by atoms with Gasteiger partial charge in [-0.3, -0.25) is 4.57 Å². The molecule has 2 aromatic heterocycles. The number of para-hydroxylation sites is 2. The molecule has 5 nitrogen and oxygen atoms in total. The Morgan fingerprint density at radius 1 is 0.969 bits per heavy atom. The molecule has 0 bridgehead atoms. The Kier molecular flexibility index (Phi) is 5.61. The molecular weight excluding hydrogens is 398 g/mol. The molecule has 4 rings (SSSR count). The average molecular weight is 432 g/mol. The van der Waals surface area contributed by atoms with Crippen molar-refractivity contribution in [2.24, 2.45) is 5.41 Å². The van der Waals surface area contributed by atoms with Crippen molar-refractivity contribution in [3.8, 4) is 22.8 Å². The number of aryl methyl sites for hydroxylation is 1. The Morgan fingerprint density at radius 2 is 1.72 bits per heavy atom. The van der Waals surface area contributed by atoms with E-state index in [1.165, 1.54) is 0 Å². The van der Waals surface area contributed by atoms with Gasteiger partial charge in [-0.05, 0) is 36.1 Å². The van der Waals surface area contributed by atoms with Crippen molar-refractivity contribution < 1.29 is 9.26 Å². The molecule has 0 saturated carbocycles. The molecule has 2 heterocycles. The van der Waals surface area contributed by atoms with E-state index in [4.69, 9.17) is 14.2 Å². The first kappa shape index (κ1) is 22.1. The lowest BCUT2D eigenvalue weighted by molar-refractivity contribution is 0.374. The van der Waals surface area contributed by atoms with Crippen LogP contribution in [0.25, 0.3) is 28.0 Å². The van der Waals surface area contributed by atoms with Gasteiger partial charge in [0.25, 0.3) is 0 Å². The lowest BCUT2D eigenvalue weighted by Crippen LogP contribution is -2.10. The number of methoxy groups -OCH3 is 1. The van der Waals surface area contributed by atoms with Gasteiger partial charge < -0.3 is 9.26 Å². The highest BCUT2D eigenvalue weighted by Gasteiger charge is 2.22. The summed E-state index contributed by atoms with van der Waals surface area (Å²) in [5, 5.41) is 4.27. The van der Waals surface area contributed by atoms with Crippen molar-refractivity contribution in [1.29, 1.82) is 0 Å². The largest absolute Gasteiger partial charge is 0.496 e. The van der Waals surface area contributed by atoms with Crippen molar-refractivity contribution in [1.82, 2.24) is 14.7 Å². The summed E-state index contributed by atoms with van der Waals surface area (Å²) in [6.45, 7) is 13.2. The number of hydrogen-bond donors (Lipinski definition) is 0. The summed E-state index contributed by atoms with van der Waals surface area (Å²) >= 11 is 0. The molecule has 0 amide bonds. The molecule has 0 aliphatic carbocycles. The fourth-order valence-corrected chi connectivity index (χ4v) is 3.80. The molecule has 0 aliphatic heterocycles. The van der Waals surface area contributed by atoms with E-state index < -0.39 is 0 Å². The van der Waals surface area contributed by atoms with Gasteiger partial charge in [0.1, 0.15) is 11.6 Å². The predicted molar refractivity (Wildman–Crippen MR) is 130 cm³/mol. The smallest absolute Gasteiger partial charge is 0.170 e. The van der Waals surface area contributed by atoms with Crippen LogP contribution in [0.5, 0.6) is 5.75 Å². The standard InChI is InChI=1S/C27H33N3O2/c1-26(2,3)15-14-25-28-20-10-8-9-11-21(20)30(25)18-12-13-19(22(16-18)31-7)23-17-24(29-32-23)27(4,5)6/h8-13,16-17H,14-15H2,1-7H3. The molecule has 0 aliphatic rings. The predicted octanol–water partition coefficient (Wildman–Crippen LogP) is 6.97. The second-order valence-electron chi connectivity index (χ2n) is 10.6. The highest BCUT2D eigenvalue weighted by Crippen LogP contribution is 2.36. The maximum atomic E-state index is 5.78. The van der Waals surface area contributed by atoms with Gasteiger partial charge in [0, 0.05) is 24.0 Å². The van der Waals surface area contributed by atoms with Crippen molar-refractivity contribution in [3.63, 3.8) is 0 Å². The molecule has 0 saturated heterocycles. The first-order chi connectivity index (χ1) is 15.1. The number of fused-ring (bicyclic) bond motifs is 1. The topological polar surface area (TPSA) is 53.1 Å². The Hall–Kier alpha value is -3.08. The molecule has 0 fully saturated rings. The van der Waals surface area contributed by atoms with Crippen molar-refractivity contribution in [3.05, 3.63) is 60.0 Å². The third-order valence-corrected chi connectivity index (χ3v) is 5.72. The third kappa shape index (κ3) is 4.43. The molecule has 0 radical (unpaired) electrons. The zero-order valence-corrected chi connectivity index (χ0v) is 20.2. The van der Waals surface area contributed by atoms with E-state index >= 15 is 0 Å². The first-order valence-corrected chi connectivity index (χ1v) is 11.2. The summed E-state index contributed by atoms with van der Waals surface area (Å²) in [7, 11) is 1.69. The van der Waals surface area contributed by atoms with Gasteiger partial charge in [-0.15, -0.1) is 0 Å². The van der Waals surface area contributed by atoms with Crippen molar-refractivity contribution in [2.45, 2.75) is 59.8 Å². The normalized spacial score (nSPS) is 12.5. The van der Waals surface area contributed by atoms with Gasteiger partial charge in [0.2, 0.25) is 0 Å². The number of nitrogens with zero attached hydrogens (tertiary/aromatic N) is 3. The van der Waals surface area contributed by atoms with E-state index in [1.54, 1.807) is 7.11 Å². The summed E-state index contributed by atoms with van der Waals surface area (Å²) in [4.78, 5) is 4.95. The maximum absolute atomic E-state index is 5.78. The second-order valence-corrected chi connectivity index (χ2v) is 10.6. The SMILES string of the molecule is COc1cc(-n2c(CCC(C)(C)C)nc3ccccc32)ccc1-c1cc(C(C)(C)C)no1. The molecule has 168 valence electrons. The lowest BCUT2D eigenvalue weighted by atomic mass is 9.90. The summed E-state index contributed by atoms with van der Waals surface area (Å²) in [6.07, 6.45) is 1.96. The van der Waals surface area contributed by atoms with Crippen LogP contribution in [-0.4, -0.2) is 21.8 Å². The van der Waals surface area contributed by atoms with E-state index in [2.05, 4.69) is 81.6 Å². The van der Waals surface area contributed by atoms with Gasteiger partial charge in [0.05, 0.1) is 35.1 Å². The lowest BCUT2D eigenvalue weighted by Gasteiger charge is -2.18. The highest BCUT2D eigenvalue weighted by molar-refractivity contribution is 5.79. The zero-order chi connectivity index (χ0) is 23.1. The molecule has 0 spiro atoms. The number of benzene rings is 2. The quantitative estimate of drug-likeness (QED) is 0.342. The van der Waals surface area contributed by atoms with Gasteiger partial charge in [-0.2, -0.15) is 0 Å². The fourth-order valence-electron chi connectivity index (χ4n) is 3.80. The summed E-state index contributed by atoms with van der Waals surface area (Å²) in [5.41, 5.74) is 5.10. The summed E-state index contributed by atoms with van der Waals surface area (Å²) in [6, 6.07) is 16.5. The van der Waals surface area contributed by atoms with Gasteiger partial charge in [0.15, 0.2) is 5.76 Å². The van der Waals surface area contributed by atoms with Crippen molar-refractivity contribution >= 4 is 11.0 Å². The molecule has 2 aromatic carbocycles. The molecule has 32 heavy (non-hydrogen) atoms. The van der Waals surface area contributed by atoms with E-state index in [1.807, 2.05) is 18.2 Å². The van der Waals surface area contributed by atoms with Gasteiger partial charge in [-0.25, -0.2) is 4.98 Å². The molecule has 0 unspecified atom stereocenters. The summed E-state index contributed by atoms with van der Waals surface area (Å²) in [5.74, 6) is 2.52. The van der Waals surface area contributed by atoms with E-state index in [9.17, 15) is 0 Å². The number of imidazole rings is 1. The van der Waals surface area contributed by atoms with Crippen LogP contribution in [0.2, 0.25) is 0 Å². The van der Waals surface area contributed by atoms with Crippen LogP contribution in [0.1, 0.15) is 59.5 Å². The van der Waals surface area contributed by atoms with Crippen molar-refractivity contribution in [2.75, 3.05) is 7.11 Å². The maximum Gasteiger partial charge on any atom is 0.170 e. The van der Waals surface area contributed by atoms with Crippen LogP contribution >= 0.6 is 0 Å². The highest BCUT2D eigenvalue weighted by atomic mass is 16.5. The minimum Gasteiger partial charge on any atom is -0.496 e. The number of aromatic nitrogens is 3. The molecular formula is C27H33N3O2. The minimum atomic E-state index is -0.0768. The fraction of sp³-hybridized carbons (Fsp3) is 0.407. The Morgan fingerprint density at radius 3 is 2.38 bits per heavy atom. The van der Waals surface area contributed by atoms with Crippen LogP contribution in [0.3, 0.4) is 0 Å². The first-order valence-electron chi connectivity index (χ1n) is 11.2. The van der Waals surface area contributed by atoms with Gasteiger partial charge >= 0.3 is 0 Å². The summed E-state index contributed by atoms with van der Waals surface area (Å²) < 4.78 is 13.7. The van der Waals surface area contributed by atoms with E-state index in [-0.39, 0.29) is 10.8 Å². The third-order valence-electron chi connectivity index (χ3n) is 5.72.